The van der Waals surface area contributed by atoms with Crippen LogP contribution in [-0.2, 0) is 9.53 Å². The van der Waals surface area contributed by atoms with E-state index in [2.05, 4.69) is 4.74 Å². The minimum Gasteiger partial charge on any atom is -0.478 e. The van der Waals surface area contributed by atoms with Crippen molar-refractivity contribution in [2.75, 3.05) is 6.61 Å². The summed E-state index contributed by atoms with van der Waals surface area (Å²) in [6, 6.07) is 1.28. The van der Waals surface area contributed by atoms with Crippen molar-refractivity contribution in [1.82, 2.24) is 0 Å². The third kappa shape index (κ3) is 3.61. The van der Waals surface area contributed by atoms with E-state index in [4.69, 9.17) is 5.11 Å². The Balaban J connectivity index is 3.25. The van der Waals surface area contributed by atoms with E-state index < -0.39 is 33.9 Å². The molecular weight excluding hydrogens is 273 g/mol. The highest BCUT2D eigenvalue weighted by Gasteiger charge is 2.20. The number of nitro groups is 1. The number of carbonyl (C=O) groups excluding carboxylic acids is 1. The normalized spacial score (nSPS) is 10.5. The number of rotatable bonds is 5. The van der Waals surface area contributed by atoms with Crippen LogP contribution < -0.4 is 0 Å². The summed E-state index contributed by atoms with van der Waals surface area (Å²) in [5, 5.41) is 19.5. The smallest absolute Gasteiger partial charge is 0.338 e. The molecule has 0 heterocycles. The van der Waals surface area contributed by atoms with Crippen LogP contribution in [0, 0.1) is 15.9 Å². The van der Waals surface area contributed by atoms with Gasteiger partial charge < -0.3 is 9.84 Å². The van der Waals surface area contributed by atoms with E-state index in [0.29, 0.717) is 12.1 Å². The summed E-state index contributed by atoms with van der Waals surface area (Å²) in [6.07, 6.45) is 1.89. The lowest BCUT2D eigenvalue weighted by molar-refractivity contribution is -0.385. The Bertz CT molecular complexity index is 596. The third-order valence-electron chi connectivity index (χ3n) is 2.23. The van der Waals surface area contributed by atoms with E-state index >= 15 is 0 Å². The van der Waals surface area contributed by atoms with Crippen molar-refractivity contribution in [3.63, 3.8) is 0 Å². The van der Waals surface area contributed by atoms with Gasteiger partial charge in [0.1, 0.15) is 11.4 Å². The number of nitrogens with zero attached hydrogens (tertiary/aromatic N) is 1. The maximum Gasteiger partial charge on any atom is 0.338 e. The molecule has 0 fully saturated rings. The highest BCUT2D eigenvalue weighted by molar-refractivity contribution is 5.91. The Kier molecular flexibility index (Phi) is 4.90. The zero-order valence-electron chi connectivity index (χ0n) is 10.3. The first kappa shape index (κ1) is 15.3. The Morgan fingerprint density at radius 2 is 2.15 bits per heavy atom. The fourth-order valence-corrected chi connectivity index (χ4v) is 1.38. The number of carboxylic acids is 1. The third-order valence-corrected chi connectivity index (χ3v) is 2.23. The van der Waals surface area contributed by atoms with Crippen molar-refractivity contribution in [2.24, 2.45) is 0 Å². The first-order valence-corrected chi connectivity index (χ1v) is 5.42. The lowest BCUT2D eigenvalue weighted by atomic mass is 10.1. The van der Waals surface area contributed by atoms with Gasteiger partial charge in [-0.15, -0.1) is 0 Å². The molecule has 106 valence electrons. The molecular formula is C12H10FNO6. The van der Waals surface area contributed by atoms with Crippen LogP contribution in [0.5, 0.6) is 0 Å². The molecule has 0 radical (unpaired) electrons. The van der Waals surface area contributed by atoms with Gasteiger partial charge in [-0.1, -0.05) is 0 Å². The minimum atomic E-state index is -1.62. The Morgan fingerprint density at radius 3 is 2.65 bits per heavy atom. The van der Waals surface area contributed by atoms with E-state index in [9.17, 15) is 24.1 Å². The topological polar surface area (TPSA) is 107 Å². The number of esters is 1. The van der Waals surface area contributed by atoms with Gasteiger partial charge in [0.05, 0.1) is 17.1 Å². The zero-order valence-corrected chi connectivity index (χ0v) is 10.3. The summed E-state index contributed by atoms with van der Waals surface area (Å²) in [7, 11) is 0. The van der Waals surface area contributed by atoms with Gasteiger partial charge in [-0.2, -0.15) is 0 Å². The molecule has 0 aromatic heterocycles. The zero-order chi connectivity index (χ0) is 15.3. The molecule has 0 spiro atoms. The molecule has 0 saturated carbocycles. The second-order valence-corrected chi connectivity index (χ2v) is 3.54. The summed E-state index contributed by atoms with van der Waals surface area (Å²) >= 11 is 0. The molecule has 0 aliphatic rings. The maximum absolute atomic E-state index is 13.5. The van der Waals surface area contributed by atoms with Crippen LogP contribution in [0.3, 0.4) is 0 Å². The van der Waals surface area contributed by atoms with E-state index in [1.54, 1.807) is 6.92 Å². The number of ether oxygens (including phenoxy) is 1. The number of carbonyl (C=O) groups is 2. The molecule has 1 rings (SSSR count). The van der Waals surface area contributed by atoms with Crippen molar-refractivity contribution in [3.8, 4) is 0 Å². The van der Waals surface area contributed by atoms with Crippen molar-refractivity contribution in [2.45, 2.75) is 6.92 Å². The minimum absolute atomic E-state index is 0.123. The molecule has 1 aromatic carbocycles. The first-order chi connectivity index (χ1) is 9.36. The quantitative estimate of drug-likeness (QED) is 0.383. The molecule has 0 saturated heterocycles. The van der Waals surface area contributed by atoms with Gasteiger partial charge in [-0.3, -0.25) is 10.1 Å². The molecule has 0 aliphatic heterocycles. The highest BCUT2D eigenvalue weighted by atomic mass is 19.1. The standard InChI is InChI=1S/C12H10FNO6/c1-2-20-11(15)4-3-7-5-9(13)8(12(16)17)6-10(7)14(18)19/h3-6H,2H2,1H3,(H,16,17). The average Bonchev–Trinajstić information content (AvgIpc) is 2.35. The predicted molar refractivity (Wildman–Crippen MR) is 65.7 cm³/mol. The van der Waals surface area contributed by atoms with Gasteiger partial charge in [-0.25, -0.2) is 14.0 Å². The molecule has 1 aromatic rings. The first-order valence-electron chi connectivity index (χ1n) is 5.42. The van der Waals surface area contributed by atoms with Crippen molar-refractivity contribution in [1.29, 1.82) is 0 Å². The lowest BCUT2D eigenvalue weighted by Gasteiger charge is -2.02. The molecule has 20 heavy (non-hydrogen) atoms. The van der Waals surface area contributed by atoms with E-state index in [1.807, 2.05) is 0 Å². The number of nitro benzene ring substituents is 1. The molecule has 0 bridgehead atoms. The number of halogens is 1. The number of hydrogen-bond donors (Lipinski definition) is 1. The fraction of sp³-hybridized carbons (Fsp3) is 0.167. The van der Waals surface area contributed by atoms with Crippen LogP contribution >= 0.6 is 0 Å². The molecule has 7 nitrogen and oxygen atoms in total. The molecule has 1 N–H and O–H groups in total. The Morgan fingerprint density at radius 1 is 1.50 bits per heavy atom. The van der Waals surface area contributed by atoms with Crippen LogP contribution in [-0.4, -0.2) is 28.6 Å². The summed E-state index contributed by atoms with van der Waals surface area (Å²) in [5.74, 6) is -3.50. The summed E-state index contributed by atoms with van der Waals surface area (Å²) in [4.78, 5) is 31.7. The fourth-order valence-electron chi connectivity index (χ4n) is 1.38. The number of aromatic carboxylic acids is 1. The number of hydrogen-bond acceptors (Lipinski definition) is 5. The summed E-state index contributed by atoms with van der Waals surface area (Å²) < 4.78 is 18.0. The average molecular weight is 283 g/mol. The maximum atomic E-state index is 13.5. The largest absolute Gasteiger partial charge is 0.478 e. The molecule has 8 heteroatoms. The van der Waals surface area contributed by atoms with E-state index in [-0.39, 0.29) is 12.2 Å². The monoisotopic (exact) mass is 283 g/mol. The molecule has 0 unspecified atom stereocenters. The predicted octanol–water partition coefficient (Wildman–Crippen LogP) is 2.01. The van der Waals surface area contributed by atoms with Gasteiger partial charge in [0.15, 0.2) is 0 Å². The van der Waals surface area contributed by atoms with Gasteiger partial charge in [0.2, 0.25) is 0 Å². The SMILES string of the molecule is CCOC(=O)C=Cc1cc(F)c(C(=O)O)cc1[N+](=O)[O-]. The van der Waals surface area contributed by atoms with Crippen molar-refractivity contribution >= 4 is 23.7 Å². The van der Waals surface area contributed by atoms with Gasteiger partial charge in [-0.05, 0) is 19.1 Å². The van der Waals surface area contributed by atoms with Gasteiger partial charge in [0, 0.05) is 12.1 Å². The van der Waals surface area contributed by atoms with Crippen molar-refractivity contribution in [3.05, 3.63) is 45.3 Å². The second-order valence-electron chi connectivity index (χ2n) is 3.54. The molecule has 0 aliphatic carbocycles. The van der Waals surface area contributed by atoms with Gasteiger partial charge in [0.25, 0.3) is 5.69 Å². The van der Waals surface area contributed by atoms with E-state index in [1.165, 1.54) is 0 Å². The van der Waals surface area contributed by atoms with Crippen LogP contribution in [0.1, 0.15) is 22.8 Å². The van der Waals surface area contributed by atoms with Crippen molar-refractivity contribution < 1.29 is 28.7 Å². The molecule has 0 amide bonds. The van der Waals surface area contributed by atoms with Crippen LogP contribution in [0.4, 0.5) is 10.1 Å². The number of benzene rings is 1. The van der Waals surface area contributed by atoms with Crippen LogP contribution in [0.2, 0.25) is 0 Å². The summed E-state index contributed by atoms with van der Waals surface area (Å²) in [5.41, 5.74) is -1.67. The van der Waals surface area contributed by atoms with Crippen LogP contribution in [0.25, 0.3) is 6.08 Å². The van der Waals surface area contributed by atoms with E-state index in [0.717, 1.165) is 12.2 Å². The lowest BCUT2D eigenvalue weighted by Crippen LogP contribution is -2.04. The Hall–Kier alpha value is -2.77. The second kappa shape index (κ2) is 6.41. The Labute approximate surface area is 112 Å². The van der Waals surface area contributed by atoms with Gasteiger partial charge >= 0.3 is 11.9 Å². The highest BCUT2D eigenvalue weighted by Crippen LogP contribution is 2.24. The van der Waals surface area contributed by atoms with Crippen LogP contribution in [0.15, 0.2) is 18.2 Å². The number of carboxylic acid groups (broad SMARTS) is 1. The molecule has 0 atom stereocenters. The summed E-state index contributed by atoms with van der Waals surface area (Å²) in [6.45, 7) is 1.70.